The van der Waals surface area contributed by atoms with Gasteiger partial charge in [0.2, 0.25) is 0 Å². The van der Waals surface area contributed by atoms with Crippen LogP contribution < -0.4 is 0 Å². The van der Waals surface area contributed by atoms with Crippen molar-refractivity contribution in [2.45, 2.75) is 13.3 Å². The predicted molar refractivity (Wildman–Crippen MR) is 64.0 cm³/mol. The van der Waals surface area contributed by atoms with E-state index in [4.69, 9.17) is 9.31 Å². The van der Waals surface area contributed by atoms with E-state index in [9.17, 15) is 9.59 Å². The standard InChI is InChI=1S/C11H16BNO4/c1-3-4-5-6-7-12-16-10(14)8-13(2)9-11(15)17-12/h4-7H,3,8-9H2,1-2H3/b5-4+,7-6+. The van der Waals surface area contributed by atoms with Crippen LogP contribution in [0, 0.1) is 0 Å². The van der Waals surface area contributed by atoms with E-state index in [1.807, 2.05) is 19.1 Å². The summed E-state index contributed by atoms with van der Waals surface area (Å²) < 4.78 is 9.94. The molecule has 0 aromatic rings. The van der Waals surface area contributed by atoms with Crippen molar-refractivity contribution in [3.05, 3.63) is 24.2 Å². The minimum absolute atomic E-state index is 0.0875. The fourth-order valence-electron chi connectivity index (χ4n) is 1.30. The number of allylic oxidation sites excluding steroid dienone is 3. The maximum absolute atomic E-state index is 11.3. The van der Waals surface area contributed by atoms with E-state index in [1.165, 1.54) is 5.98 Å². The Morgan fingerprint density at radius 3 is 2.35 bits per heavy atom. The monoisotopic (exact) mass is 237 g/mol. The van der Waals surface area contributed by atoms with Gasteiger partial charge in [0.25, 0.3) is 0 Å². The molecule has 0 aromatic carbocycles. The summed E-state index contributed by atoms with van der Waals surface area (Å²) in [4.78, 5) is 24.2. The molecule has 0 aromatic heterocycles. The first-order chi connectivity index (χ1) is 8.11. The van der Waals surface area contributed by atoms with Crippen LogP contribution in [-0.4, -0.2) is 44.1 Å². The highest BCUT2D eigenvalue weighted by molar-refractivity contribution is 6.54. The highest BCUT2D eigenvalue weighted by Gasteiger charge is 2.28. The second-order valence-electron chi connectivity index (χ2n) is 3.74. The van der Waals surface area contributed by atoms with Gasteiger partial charge in [-0.1, -0.05) is 25.2 Å². The molecule has 0 bridgehead atoms. The van der Waals surface area contributed by atoms with Gasteiger partial charge in [0.1, 0.15) is 0 Å². The lowest BCUT2D eigenvalue weighted by Crippen LogP contribution is -2.41. The highest BCUT2D eigenvalue weighted by atomic mass is 16.6. The Bertz CT molecular complexity index is 320. The van der Waals surface area contributed by atoms with Gasteiger partial charge in [-0.3, -0.25) is 14.5 Å². The molecular weight excluding hydrogens is 221 g/mol. The number of hydrogen-bond donors (Lipinski definition) is 0. The molecule has 92 valence electrons. The summed E-state index contributed by atoms with van der Waals surface area (Å²) in [6.45, 7) is 2.19. The fraction of sp³-hybridized carbons (Fsp3) is 0.455. The van der Waals surface area contributed by atoms with Crippen LogP contribution in [-0.2, 0) is 18.9 Å². The summed E-state index contributed by atoms with van der Waals surface area (Å²) in [5.41, 5.74) is 0. The molecule has 0 N–H and O–H groups in total. The Balaban J connectivity index is 2.58. The molecule has 6 heteroatoms. The third kappa shape index (κ3) is 5.35. The zero-order valence-electron chi connectivity index (χ0n) is 10.1. The Hall–Kier alpha value is -1.56. The Kier molecular flexibility index (Phi) is 5.49. The Morgan fingerprint density at radius 1 is 1.24 bits per heavy atom. The van der Waals surface area contributed by atoms with Crippen molar-refractivity contribution in [2.75, 3.05) is 20.1 Å². The molecule has 1 aliphatic rings. The number of carbonyl (C=O) groups is 2. The van der Waals surface area contributed by atoms with E-state index >= 15 is 0 Å². The molecule has 1 fully saturated rings. The first kappa shape index (κ1) is 13.5. The van der Waals surface area contributed by atoms with Gasteiger partial charge < -0.3 is 9.31 Å². The van der Waals surface area contributed by atoms with E-state index in [2.05, 4.69) is 0 Å². The SMILES string of the molecule is CC/C=C/C=C/B1OC(=O)CN(C)CC(=O)O1. The summed E-state index contributed by atoms with van der Waals surface area (Å²) in [5.74, 6) is 0.719. The smallest absolute Gasteiger partial charge is 0.495 e. The van der Waals surface area contributed by atoms with Crippen molar-refractivity contribution in [2.24, 2.45) is 0 Å². The molecule has 5 nitrogen and oxygen atoms in total. The van der Waals surface area contributed by atoms with Crippen LogP contribution in [0.1, 0.15) is 13.3 Å². The van der Waals surface area contributed by atoms with Gasteiger partial charge in [-0.15, -0.1) is 0 Å². The fourth-order valence-corrected chi connectivity index (χ4v) is 1.30. The van der Waals surface area contributed by atoms with Crippen LogP contribution in [0.5, 0.6) is 0 Å². The first-order valence-electron chi connectivity index (χ1n) is 5.52. The molecule has 0 radical (unpaired) electrons. The quantitative estimate of drug-likeness (QED) is 0.530. The Morgan fingerprint density at radius 2 is 1.82 bits per heavy atom. The van der Waals surface area contributed by atoms with Gasteiger partial charge in [-0.2, -0.15) is 0 Å². The summed E-state index contributed by atoms with van der Waals surface area (Å²) in [6.07, 6.45) is 6.36. The van der Waals surface area contributed by atoms with Crippen LogP contribution >= 0.6 is 0 Å². The van der Waals surface area contributed by atoms with Gasteiger partial charge in [0, 0.05) is 0 Å². The lowest BCUT2D eigenvalue weighted by molar-refractivity contribution is -0.145. The van der Waals surface area contributed by atoms with E-state index in [0.717, 1.165) is 6.42 Å². The average Bonchev–Trinajstić information content (AvgIpc) is 2.21. The van der Waals surface area contributed by atoms with Gasteiger partial charge in [0.05, 0.1) is 13.1 Å². The van der Waals surface area contributed by atoms with Crippen molar-refractivity contribution < 1.29 is 18.9 Å². The van der Waals surface area contributed by atoms with Gasteiger partial charge >= 0.3 is 19.1 Å². The zero-order valence-corrected chi connectivity index (χ0v) is 10.1. The zero-order chi connectivity index (χ0) is 12.7. The predicted octanol–water partition coefficient (Wildman–Crippen LogP) is 0.568. The molecule has 0 amide bonds. The molecule has 0 spiro atoms. The topological polar surface area (TPSA) is 55.8 Å². The maximum Gasteiger partial charge on any atom is 0.628 e. The summed E-state index contributed by atoms with van der Waals surface area (Å²) in [6, 6.07) is 0. The van der Waals surface area contributed by atoms with Crippen molar-refractivity contribution in [1.82, 2.24) is 4.90 Å². The molecule has 0 aliphatic carbocycles. The van der Waals surface area contributed by atoms with Crippen LogP contribution in [0.25, 0.3) is 0 Å². The van der Waals surface area contributed by atoms with Crippen molar-refractivity contribution in [3.63, 3.8) is 0 Å². The maximum atomic E-state index is 11.3. The van der Waals surface area contributed by atoms with Crippen LogP contribution in [0.2, 0.25) is 0 Å². The lowest BCUT2D eigenvalue weighted by atomic mass is 9.89. The van der Waals surface area contributed by atoms with Gasteiger partial charge in [0.15, 0.2) is 0 Å². The number of rotatable bonds is 3. The van der Waals surface area contributed by atoms with Crippen LogP contribution in [0.4, 0.5) is 0 Å². The second-order valence-corrected chi connectivity index (χ2v) is 3.74. The molecule has 17 heavy (non-hydrogen) atoms. The largest absolute Gasteiger partial charge is 0.628 e. The van der Waals surface area contributed by atoms with Crippen LogP contribution in [0.15, 0.2) is 24.2 Å². The molecule has 0 saturated carbocycles. The van der Waals surface area contributed by atoms with E-state index in [-0.39, 0.29) is 13.1 Å². The lowest BCUT2D eigenvalue weighted by Gasteiger charge is -2.20. The second kappa shape index (κ2) is 6.91. The third-order valence-corrected chi connectivity index (χ3v) is 2.04. The third-order valence-electron chi connectivity index (χ3n) is 2.04. The highest BCUT2D eigenvalue weighted by Crippen LogP contribution is 2.01. The molecule has 1 rings (SSSR count). The normalized spacial score (nSPS) is 19.3. The number of nitrogens with zero attached hydrogens (tertiary/aromatic N) is 1. The summed E-state index contributed by atoms with van der Waals surface area (Å²) >= 11 is 0. The average molecular weight is 237 g/mol. The minimum atomic E-state index is -0.926. The van der Waals surface area contributed by atoms with E-state index in [1.54, 1.807) is 18.0 Å². The first-order valence-corrected chi connectivity index (χ1v) is 5.52. The minimum Gasteiger partial charge on any atom is -0.495 e. The molecule has 1 aliphatic heterocycles. The van der Waals surface area contributed by atoms with E-state index in [0.29, 0.717) is 0 Å². The molecular formula is C11H16BNO4. The van der Waals surface area contributed by atoms with Crippen molar-refractivity contribution in [1.29, 1.82) is 0 Å². The summed E-state index contributed by atoms with van der Waals surface area (Å²) in [7, 11) is 0.730. The van der Waals surface area contributed by atoms with E-state index < -0.39 is 19.1 Å². The van der Waals surface area contributed by atoms with Crippen molar-refractivity contribution in [3.8, 4) is 0 Å². The van der Waals surface area contributed by atoms with Crippen molar-refractivity contribution >= 4 is 19.1 Å². The van der Waals surface area contributed by atoms with Gasteiger partial charge in [-0.25, -0.2) is 0 Å². The molecule has 1 heterocycles. The molecule has 0 atom stereocenters. The van der Waals surface area contributed by atoms with Gasteiger partial charge in [-0.05, 0) is 19.4 Å². The number of likely N-dealkylation sites (N-methyl/N-ethyl adjacent to an activating group) is 1. The Labute approximate surface area is 101 Å². The molecule has 0 unspecified atom stereocenters. The number of hydrogen-bond acceptors (Lipinski definition) is 5. The molecule has 1 saturated heterocycles. The summed E-state index contributed by atoms with van der Waals surface area (Å²) in [5, 5.41) is 0. The van der Waals surface area contributed by atoms with Crippen LogP contribution in [0.3, 0.4) is 0 Å². The number of carbonyl (C=O) groups excluding carboxylic acids is 2.